The van der Waals surface area contributed by atoms with E-state index in [9.17, 15) is 14.4 Å². The number of ether oxygens (including phenoxy) is 1. The Kier molecular flexibility index (Phi) is 9.53. The molecule has 2 fully saturated rings. The van der Waals surface area contributed by atoms with E-state index in [0.717, 1.165) is 44.3 Å². The molecule has 0 atom stereocenters. The molecule has 4 rings (SSSR count). The van der Waals surface area contributed by atoms with E-state index in [0.29, 0.717) is 49.4 Å². The summed E-state index contributed by atoms with van der Waals surface area (Å²) in [7, 11) is 0. The van der Waals surface area contributed by atoms with Gasteiger partial charge < -0.3 is 19.7 Å². The lowest BCUT2D eigenvalue weighted by Gasteiger charge is -2.26. The smallest absolute Gasteiger partial charge is 0.306 e. The van der Waals surface area contributed by atoms with E-state index in [4.69, 9.17) is 14.4 Å². The number of amides is 1. The van der Waals surface area contributed by atoms with Gasteiger partial charge in [0.05, 0.1) is 12.0 Å². The third-order valence-electron chi connectivity index (χ3n) is 7.80. The van der Waals surface area contributed by atoms with Crippen LogP contribution in [0, 0.1) is 11.8 Å². The van der Waals surface area contributed by atoms with Gasteiger partial charge >= 0.3 is 5.97 Å². The van der Waals surface area contributed by atoms with E-state index in [2.05, 4.69) is 15.5 Å². The number of aromatic nitrogens is 2. The second kappa shape index (κ2) is 13.0. The summed E-state index contributed by atoms with van der Waals surface area (Å²) in [6, 6.07) is 7.13. The first kappa shape index (κ1) is 27.8. The third kappa shape index (κ3) is 7.42. The van der Waals surface area contributed by atoms with E-state index in [-0.39, 0.29) is 41.5 Å². The van der Waals surface area contributed by atoms with Crippen molar-refractivity contribution >= 4 is 17.7 Å². The molecule has 1 aromatic carbocycles. The predicted octanol–water partition coefficient (Wildman–Crippen LogP) is 5.27. The van der Waals surface area contributed by atoms with Crippen LogP contribution in [0.25, 0.3) is 0 Å². The van der Waals surface area contributed by atoms with Gasteiger partial charge in [0.1, 0.15) is 5.75 Å². The Labute approximate surface area is 223 Å². The topological polar surface area (TPSA) is 132 Å². The van der Waals surface area contributed by atoms with Crippen LogP contribution < -0.4 is 10.1 Å². The van der Waals surface area contributed by atoms with Gasteiger partial charge in [-0.2, -0.15) is 4.98 Å². The van der Waals surface area contributed by atoms with Crippen molar-refractivity contribution < 1.29 is 28.8 Å². The van der Waals surface area contributed by atoms with Gasteiger partial charge in [-0.15, -0.1) is 0 Å². The fourth-order valence-corrected chi connectivity index (χ4v) is 5.34. The molecular weight excluding hydrogens is 486 g/mol. The van der Waals surface area contributed by atoms with Crippen LogP contribution in [0.15, 0.2) is 28.8 Å². The monoisotopic (exact) mass is 525 g/mol. The summed E-state index contributed by atoms with van der Waals surface area (Å²) in [5, 5.41) is 16.2. The lowest BCUT2D eigenvalue weighted by Crippen LogP contribution is -2.33. The summed E-state index contributed by atoms with van der Waals surface area (Å²) < 4.78 is 11.4. The number of carbonyl (C=O) groups excluding carboxylic acids is 2. The quantitative estimate of drug-likeness (QED) is 0.300. The van der Waals surface area contributed by atoms with Crippen molar-refractivity contribution in [3.05, 3.63) is 41.5 Å². The maximum absolute atomic E-state index is 12.6. The van der Waals surface area contributed by atoms with Crippen molar-refractivity contribution in [3.8, 4) is 5.75 Å². The Bertz CT molecular complexity index is 1080. The van der Waals surface area contributed by atoms with Crippen LogP contribution in [0.1, 0.15) is 112 Å². The highest BCUT2D eigenvalue weighted by molar-refractivity contribution is 5.96. The predicted molar refractivity (Wildman–Crippen MR) is 140 cm³/mol. The van der Waals surface area contributed by atoms with Crippen molar-refractivity contribution in [1.29, 1.82) is 0 Å². The molecule has 38 heavy (non-hydrogen) atoms. The zero-order valence-electron chi connectivity index (χ0n) is 22.4. The summed E-state index contributed by atoms with van der Waals surface area (Å²) in [5.41, 5.74) is 0.623. The average Bonchev–Trinajstić information content (AvgIpc) is 3.43. The zero-order valence-corrected chi connectivity index (χ0v) is 22.4. The molecular formula is C29H39N3O6. The molecule has 2 aliphatic rings. The normalized spacial score (nSPS) is 23.7. The molecule has 1 aromatic heterocycles. The number of ketones is 1. The first-order valence-corrected chi connectivity index (χ1v) is 13.9. The van der Waals surface area contributed by atoms with Gasteiger partial charge in [-0.3, -0.25) is 14.4 Å². The summed E-state index contributed by atoms with van der Waals surface area (Å²) in [6.45, 7) is 4.55. The van der Waals surface area contributed by atoms with Crippen molar-refractivity contribution in [2.45, 2.75) is 96.0 Å². The second-order valence-electron chi connectivity index (χ2n) is 11.0. The minimum absolute atomic E-state index is 0.0128. The Balaban J connectivity index is 1.12. The second-order valence-corrected chi connectivity index (χ2v) is 11.0. The van der Waals surface area contributed by atoms with Gasteiger partial charge in [0.2, 0.25) is 11.8 Å². The number of carboxylic acids is 1. The fraction of sp³-hybridized carbons (Fsp3) is 0.621. The largest absolute Gasteiger partial charge is 0.490 e. The van der Waals surface area contributed by atoms with Gasteiger partial charge in [0, 0.05) is 36.3 Å². The molecule has 0 spiro atoms. The standard InChI is InChI=1S/C29H39N3O6/c1-18(2)26-31-28(38-32-26)21-7-5-20(6-8-21)27(34)30-17-3-4-25(33)19-9-13-23(14-10-19)37-24-15-11-22(12-16-24)29(35)36/h9-10,13-14,18,20-22,24H,3-8,11-12,15-17H2,1-2H3,(H,30,34)(H,35,36). The van der Waals surface area contributed by atoms with Crippen molar-refractivity contribution in [2.75, 3.05) is 6.54 Å². The molecule has 2 N–H and O–H groups in total. The minimum Gasteiger partial charge on any atom is -0.490 e. The Morgan fingerprint density at radius 1 is 1.00 bits per heavy atom. The minimum atomic E-state index is -0.727. The Hall–Kier alpha value is -3.23. The van der Waals surface area contributed by atoms with Crippen molar-refractivity contribution in [3.63, 3.8) is 0 Å². The van der Waals surface area contributed by atoms with Gasteiger partial charge in [-0.1, -0.05) is 19.0 Å². The van der Waals surface area contributed by atoms with Gasteiger partial charge in [0.25, 0.3) is 0 Å². The van der Waals surface area contributed by atoms with Crippen LogP contribution in [0.5, 0.6) is 5.75 Å². The number of nitrogens with one attached hydrogen (secondary N) is 1. The molecule has 1 amide bonds. The molecule has 2 saturated carbocycles. The molecule has 2 aliphatic carbocycles. The van der Waals surface area contributed by atoms with E-state index in [1.807, 2.05) is 13.8 Å². The van der Waals surface area contributed by atoms with E-state index >= 15 is 0 Å². The molecule has 0 unspecified atom stereocenters. The number of benzene rings is 1. The van der Waals surface area contributed by atoms with Crippen LogP contribution in [-0.4, -0.2) is 45.6 Å². The third-order valence-corrected chi connectivity index (χ3v) is 7.80. The maximum atomic E-state index is 12.6. The summed E-state index contributed by atoms with van der Waals surface area (Å²) in [4.78, 5) is 40.8. The first-order chi connectivity index (χ1) is 18.3. The molecule has 2 aromatic rings. The van der Waals surface area contributed by atoms with Crippen LogP contribution in [0.3, 0.4) is 0 Å². The lowest BCUT2D eigenvalue weighted by molar-refractivity contribution is -0.143. The number of hydrogen-bond acceptors (Lipinski definition) is 7. The van der Waals surface area contributed by atoms with Gasteiger partial charge in [-0.05, 0) is 82.1 Å². The Morgan fingerprint density at radius 2 is 1.66 bits per heavy atom. The molecule has 0 bridgehead atoms. The van der Waals surface area contributed by atoms with Gasteiger partial charge in [0.15, 0.2) is 11.6 Å². The van der Waals surface area contributed by atoms with E-state index in [1.165, 1.54) is 0 Å². The molecule has 0 aliphatic heterocycles. The highest BCUT2D eigenvalue weighted by atomic mass is 16.5. The number of aliphatic carboxylic acids is 1. The van der Waals surface area contributed by atoms with E-state index in [1.54, 1.807) is 24.3 Å². The highest BCUT2D eigenvalue weighted by Gasteiger charge is 2.30. The molecule has 9 nitrogen and oxygen atoms in total. The van der Waals surface area contributed by atoms with Crippen molar-refractivity contribution in [1.82, 2.24) is 15.5 Å². The lowest BCUT2D eigenvalue weighted by atomic mass is 9.81. The molecule has 0 radical (unpaired) electrons. The number of rotatable bonds is 11. The van der Waals surface area contributed by atoms with Crippen LogP contribution in [0.2, 0.25) is 0 Å². The molecule has 1 heterocycles. The highest BCUT2D eigenvalue weighted by Crippen LogP contribution is 2.35. The van der Waals surface area contributed by atoms with Crippen LogP contribution in [-0.2, 0) is 9.59 Å². The average molecular weight is 526 g/mol. The van der Waals surface area contributed by atoms with Crippen molar-refractivity contribution in [2.24, 2.45) is 11.8 Å². The SMILES string of the molecule is CC(C)c1noc(C2CCC(C(=O)NCCCC(=O)c3ccc(OC4CCC(C(=O)O)CC4)cc3)CC2)n1. The van der Waals surface area contributed by atoms with E-state index < -0.39 is 5.97 Å². The number of carboxylic acid groups (broad SMARTS) is 1. The summed E-state index contributed by atoms with van der Waals surface area (Å²) in [6.07, 6.45) is 7.00. The first-order valence-electron chi connectivity index (χ1n) is 13.9. The maximum Gasteiger partial charge on any atom is 0.306 e. The Morgan fingerprint density at radius 3 is 2.26 bits per heavy atom. The van der Waals surface area contributed by atoms with Crippen LogP contribution >= 0.6 is 0 Å². The zero-order chi connectivity index (χ0) is 27.1. The number of nitrogens with zero attached hydrogens (tertiary/aromatic N) is 2. The van der Waals surface area contributed by atoms with Gasteiger partial charge in [-0.25, -0.2) is 0 Å². The number of hydrogen-bond donors (Lipinski definition) is 2. The molecule has 0 saturated heterocycles. The fourth-order valence-electron chi connectivity index (χ4n) is 5.34. The number of Topliss-reactive ketones (excluding diaryl/α,β-unsaturated/α-hetero) is 1. The molecule has 9 heteroatoms. The summed E-state index contributed by atoms with van der Waals surface area (Å²) in [5.74, 6) is 1.66. The number of carbonyl (C=O) groups is 3. The molecule has 206 valence electrons. The van der Waals surface area contributed by atoms with Crippen LogP contribution in [0.4, 0.5) is 0 Å². The summed E-state index contributed by atoms with van der Waals surface area (Å²) >= 11 is 0.